The summed E-state index contributed by atoms with van der Waals surface area (Å²) in [6, 6.07) is 15.4. The van der Waals surface area contributed by atoms with Gasteiger partial charge in [-0.3, -0.25) is 0 Å². The van der Waals surface area contributed by atoms with E-state index in [1.807, 2.05) is 54.8 Å². The zero-order chi connectivity index (χ0) is 16.5. The number of para-hydroxylation sites is 1. The van der Waals surface area contributed by atoms with E-state index in [-0.39, 0.29) is 0 Å². The molecule has 1 aliphatic heterocycles. The number of nitrogens with one attached hydrogen (secondary N) is 1. The molecule has 2 heterocycles. The van der Waals surface area contributed by atoms with Crippen LogP contribution in [0.5, 0.6) is 5.88 Å². The van der Waals surface area contributed by atoms with Crippen molar-refractivity contribution in [2.45, 2.75) is 11.4 Å². The first-order chi connectivity index (χ1) is 11.7. The SMILES string of the molecule is CSc1nnc2c(n1)OC(c1ccc(Cl)cc1)Nc1ccccc1-2. The predicted molar refractivity (Wildman–Crippen MR) is 95.5 cm³/mol. The smallest absolute Gasteiger partial charge is 0.247 e. The van der Waals surface area contributed by atoms with Gasteiger partial charge < -0.3 is 10.1 Å². The van der Waals surface area contributed by atoms with Crippen LogP contribution >= 0.6 is 23.4 Å². The predicted octanol–water partition coefficient (Wildman–Crippen LogP) is 4.42. The van der Waals surface area contributed by atoms with Crippen LogP contribution in [0.15, 0.2) is 53.7 Å². The number of nitrogens with zero attached hydrogens (tertiary/aromatic N) is 3. The van der Waals surface area contributed by atoms with Gasteiger partial charge in [-0.25, -0.2) is 0 Å². The van der Waals surface area contributed by atoms with Gasteiger partial charge in [0.15, 0.2) is 11.9 Å². The summed E-state index contributed by atoms with van der Waals surface area (Å²) in [5.74, 6) is 0.465. The van der Waals surface area contributed by atoms with Crippen molar-refractivity contribution in [2.24, 2.45) is 0 Å². The van der Waals surface area contributed by atoms with E-state index in [2.05, 4.69) is 20.5 Å². The third kappa shape index (κ3) is 2.79. The molecule has 1 atom stereocenters. The van der Waals surface area contributed by atoms with E-state index in [1.165, 1.54) is 11.8 Å². The van der Waals surface area contributed by atoms with Crippen LogP contribution in [0.3, 0.4) is 0 Å². The first-order valence-electron chi connectivity index (χ1n) is 7.31. The maximum absolute atomic E-state index is 6.13. The first-order valence-corrected chi connectivity index (χ1v) is 8.91. The monoisotopic (exact) mass is 356 g/mol. The second kappa shape index (κ2) is 6.30. The number of rotatable bonds is 2. The summed E-state index contributed by atoms with van der Waals surface area (Å²) in [4.78, 5) is 4.49. The molecule has 0 bridgehead atoms. The van der Waals surface area contributed by atoms with Crippen LogP contribution < -0.4 is 10.1 Å². The topological polar surface area (TPSA) is 59.9 Å². The number of fused-ring (bicyclic) bond motifs is 3. The minimum atomic E-state index is -0.393. The van der Waals surface area contributed by atoms with E-state index in [9.17, 15) is 0 Å². The number of aromatic nitrogens is 3. The number of thioether (sulfide) groups is 1. The summed E-state index contributed by atoms with van der Waals surface area (Å²) in [5, 5.41) is 13.1. The van der Waals surface area contributed by atoms with Gasteiger partial charge in [0.25, 0.3) is 0 Å². The van der Waals surface area contributed by atoms with Gasteiger partial charge in [0.1, 0.15) is 0 Å². The highest BCUT2D eigenvalue weighted by atomic mass is 35.5. The van der Waals surface area contributed by atoms with E-state index >= 15 is 0 Å². The molecule has 5 nitrogen and oxygen atoms in total. The van der Waals surface area contributed by atoms with Crippen LogP contribution in [0.25, 0.3) is 11.3 Å². The maximum Gasteiger partial charge on any atom is 0.247 e. The maximum atomic E-state index is 6.13. The van der Waals surface area contributed by atoms with Crippen molar-refractivity contribution in [3.63, 3.8) is 0 Å². The summed E-state index contributed by atoms with van der Waals surface area (Å²) >= 11 is 7.42. The fraction of sp³-hybridized carbons (Fsp3) is 0.118. The Labute approximate surface area is 148 Å². The number of ether oxygens (including phenoxy) is 1. The Morgan fingerprint density at radius 3 is 2.67 bits per heavy atom. The van der Waals surface area contributed by atoms with E-state index in [1.54, 1.807) is 0 Å². The molecule has 4 rings (SSSR count). The van der Waals surface area contributed by atoms with Gasteiger partial charge in [-0.2, -0.15) is 4.98 Å². The molecule has 0 aliphatic carbocycles. The molecule has 7 heteroatoms. The molecular weight excluding hydrogens is 344 g/mol. The average molecular weight is 357 g/mol. The lowest BCUT2D eigenvalue weighted by Crippen LogP contribution is -2.17. The molecule has 2 aromatic carbocycles. The lowest BCUT2D eigenvalue weighted by atomic mass is 10.1. The van der Waals surface area contributed by atoms with Gasteiger partial charge in [-0.05, 0) is 24.5 Å². The molecule has 0 spiro atoms. The third-order valence-corrected chi connectivity index (χ3v) is 4.48. The zero-order valence-electron chi connectivity index (χ0n) is 12.7. The second-order valence-corrected chi connectivity index (χ2v) is 6.40. The van der Waals surface area contributed by atoms with E-state index < -0.39 is 6.23 Å². The highest BCUT2D eigenvalue weighted by molar-refractivity contribution is 7.98. The van der Waals surface area contributed by atoms with Crippen LogP contribution in [-0.4, -0.2) is 21.4 Å². The van der Waals surface area contributed by atoms with Crippen molar-refractivity contribution in [2.75, 3.05) is 11.6 Å². The van der Waals surface area contributed by atoms with Gasteiger partial charge in [0.2, 0.25) is 11.0 Å². The third-order valence-electron chi connectivity index (χ3n) is 3.69. The lowest BCUT2D eigenvalue weighted by Gasteiger charge is -2.19. The molecule has 0 radical (unpaired) electrons. The molecule has 3 aromatic rings. The van der Waals surface area contributed by atoms with Crippen molar-refractivity contribution in [1.29, 1.82) is 0 Å². The quantitative estimate of drug-likeness (QED) is 0.686. The molecule has 0 amide bonds. The highest BCUT2D eigenvalue weighted by Gasteiger charge is 2.25. The molecule has 1 aliphatic rings. The molecule has 1 unspecified atom stereocenters. The average Bonchev–Trinajstić information content (AvgIpc) is 2.78. The number of benzene rings is 2. The fourth-order valence-electron chi connectivity index (χ4n) is 2.52. The van der Waals surface area contributed by atoms with Crippen LogP contribution in [-0.2, 0) is 0 Å². The van der Waals surface area contributed by atoms with Crippen molar-refractivity contribution >= 4 is 29.1 Å². The molecule has 24 heavy (non-hydrogen) atoms. The molecular formula is C17H13ClN4OS. The van der Waals surface area contributed by atoms with E-state index in [0.29, 0.717) is 21.8 Å². The van der Waals surface area contributed by atoms with Gasteiger partial charge in [0, 0.05) is 21.8 Å². The lowest BCUT2D eigenvalue weighted by molar-refractivity contribution is 0.225. The molecule has 120 valence electrons. The Morgan fingerprint density at radius 2 is 1.88 bits per heavy atom. The Kier molecular flexibility index (Phi) is 4.00. The first kappa shape index (κ1) is 15.2. The number of hydrogen-bond donors (Lipinski definition) is 1. The van der Waals surface area contributed by atoms with Crippen molar-refractivity contribution < 1.29 is 4.74 Å². The summed E-state index contributed by atoms with van der Waals surface area (Å²) < 4.78 is 6.13. The number of hydrogen-bond acceptors (Lipinski definition) is 6. The van der Waals surface area contributed by atoms with Gasteiger partial charge in [-0.1, -0.05) is 53.7 Å². The minimum absolute atomic E-state index is 0.393. The van der Waals surface area contributed by atoms with Gasteiger partial charge in [0.05, 0.1) is 0 Å². The molecule has 1 aromatic heterocycles. The largest absolute Gasteiger partial charge is 0.448 e. The van der Waals surface area contributed by atoms with Gasteiger partial charge >= 0.3 is 0 Å². The second-order valence-electron chi connectivity index (χ2n) is 5.19. The zero-order valence-corrected chi connectivity index (χ0v) is 14.3. The molecule has 0 saturated carbocycles. The Hall–Kier alpha value is -2.31. The number of halogens is 1. The van der Waals surface area contributed by atoms with E-state index in [0.717, 1.165) is 16.8 Å². The number of anilines is 1. The van der Waals surface area contributed by atoms with Crippen molar-refractivity contribution in [3.8, 4) is 17.1 Å². The Balaban J connectivity index is 1.85. The molecule has 0 saturated heterocycles. The summed E-state index contributed by atoms with van der Waals surface area (Å²) in [6.07, 6.45) is 1.51. The van der Waals surface area contributed by atoms with E-state index in [4.69, 9.17) is 16.3 Å². The van der Waals surface area contributed by atoms with Crippen molar-refractivity contribution in [1.82, 2.24) is 15.2 Å². The standard InChI is InChI=1S/C17H13ClN4OS/c1-24-17-20-16-14(21-22-17)12-4-2-3-5-13(12)19-15(23-16)10-6-8-11(18)9-7-10/h2-9,15,19H,1H3. The van der Waals surface area contributed by atoms with Crippen LogP contribution in [0, 0.1) is 0 Å². The highest BCUT2D eigenvalue weighted by Crippen LogP contribution is 2.39. The van der Waals surface area contributed by atoms with Crippen LogP contribution in [0.2, 0.25) is 5.02 Å². The summed E-state index contributed by atoms with van der Waals surface area (Å²) in [5.41, 5.74) is 3.42. The molecule has 1 N–H and O–H groups in total. The minimum Gasteiger partial charge on any atom is -0.448 e. The Morgan fingerprint density at radius 1 is 1.08 bits per heavy atom. The molecule has 0 fully saturated rings. The van der Waals surface area contributed by atoms with Crippen LogP contribution in [0.1, 0.15) is 11.8 Å². The summed E-state index contributed by atoms with van der Waals surface area (Å²) in [7, 11) is 0. The van der Waals surface area contributed by atoms with Crippen molar-refractivity contribution in [3.05, 3.63) is 59.1 Å². The summed E-state index contributed by atoms with van der Waals surface area (Å²) in [6.45, 7) is 0. The Bertz CT molecular complexity index is 888. The van der Waals surface area contributed by atoms with Gasteiger partial charge in [-0.15, -0.1) is 10.2 Å². The van der Waals surface area contributed by atoms with Crippen LogP contribution in [0.4, 0.5) is 5.69 Å². The normalized spacial score (nSPS) is 15.5. The fourth-order valence-corrected chi connectivity index (χ4v) is 2.94.